The summed E-state index contributed by atoms with van der Waals surface area (Å²) in [6.45, 7) is 0.752. The topological polar surface area (TPSA) is 26.3 Å². The van der Waals surface area contributed by atoms with Gasteiger partial charge in [-0.3, -0.25) is 4.79 Å². The van der Waals surface area contributed by atoms with E-state index in [1.54, 1.807) is 0 Å². The van der Waals surface area contributed by atoms with Crippen LogP contribution in [0.5, 0.6) is 5.75 Å². The van der Waals surface area contributed by atoms with Gasteiger partial charge in [0.2, 0.25) is 0 Å². The van der Waals surface area contributed by atoms with Crippen molar-refractivity contribution in [2.75, 3.05) is 6.61 Å². The van der Waals surface area contributed by atoms with Gasteiger partial charge in [0, 0.05) is 5.92 Å². The van der Waals surface area contributed by atoms with Gasteiger partial charge in [-0.15, -0.1) is 0 Å². The fraction of sp³-hybridized carbons (Fsp3) is 0.462. The first kappa shape index (κ1) is 8.96. The second-order valence-electron chi connectivity index (χ2n) is 4.38. The molecule has 1 heterocycles. The van der Waals surface area contributed by atoms with E-state index < -0.39 is 0 Å². The fourth-order valence-corrected chi connectivity index (χ4v) is 2.15. The summed E-state index contributed by atoms with van der Waals surface area (Å²) in [5, 5.41) is 0. The van der Waals surface area contributed by atoms with Crippen molar-refractivity contribution in [3.63, 3.8) is 0 Å². The minimum absolute atomic E-state index is 0.280. The lowest BCUT2D eigenvalue weighted by molar-refractivity contribution is 0.0962. The Morgan fingerprint density at radius 2 is 2.20 bits per heavy atom. The number of hydrogen-bond donors (Lipinski definition) is 0. The van der Waals surface area contributed by atoms with Crippen LogP contribution in [0.3, 0.4) is 0 Å². The van der Waals surface area contributed by atoms with E-state index in [1.807, 2.05) is 12.1 Å². The summed E-state index contributed by atoms with van der Waals surface area (Å²) in [7, 11) is 0. The van der Waals surface area contributed by atoms with E-state index in [-0.39, 0.29) is 11.7 Å². The van der Waals surface area contributed by atoms with Crippen LogP contribution in [0.15, 0.2) is 18.2 Å². The zero-order valence-electron chi connectivity index (χ0n) is 8.66. The summed E-state index contributed by atoms with van der Waals surface area (Å²) in [5.41, 5.74) is 2.02. The SMILES string of the molecule is O=C(c1cccc2c1OCCC2)C1CC1. The van der Waals surface area contributed by atoms with Crippen molar-refractivity contribution in [2.24, 2.45) is 5.92 Å². The minimum atomic E-state index is 0.280. The number of carbonyl (C=O) groups excluding carboxylic acids is 1. The highest BCUT2D eigenvalue weighted by Gasteiger charge is 2.32. The number of aryl methyl sites for hydroxylation is 1. The highest BCUT2D eigenvalue weighted by Crippen LogP contribution is 2.37. The fourth-order valence-electron chi connectivity index (χ4n) is 2.15. The number of ether oxygens (including phenoxy) is 1. The molecule has 0 radical (unpaired) electrons. The molecule has 0 bridgehead atoms. The van der Waals surface area contributed by atoms with E-state index in [2.05, 4.69) is 6.07 Å². The molecule has 0 amide bonds. The summed E-state index contributed by atoms with van der Waals surface area (Å²) in [4.78, 5) is 12.0. The van der Waals surface area contributed by atoms with E-state index in [0.717, 1.165) is 43.6 Å². The minimum Gasteiger partial charge on any atom is -0.493 e. The largest absolute Gasteiger partial charge is 0.493 e. The summed E-state index contributed by atoms with van der Waals surface area (Å²) in [5.74, 6) is 1.43. The third-order valence-corrected chi connectivity index (χ3v) is 3.15. The van der Waals surface area contributed by atoms with Gasteiger partial charge in [-0.2, -0.15) is 0 Å². The molecule has 1 fully saturated rings. The van der Waals surface area contributed by atoms with Crippen LogP contribution in [0.4, 0.5) is 0 Å². The maximum atomic E-state index is 12.0. The molecule has 1 aliphatic heterocycles. The molecule has 1 aromatic rings. The highest BCUT2D eigenvalue weighted by molar-refractivity contribution is 6.02. The molecular formula is C13H14O2. The van der Waals surface area contributed by atoms with Gasteiger partial charge in [-0.1, -0.05) is 12.1 Å². The van der Waals surface area contributed by atoms with Gasteiger partial charge in [-0.25, -0.2) is 0 Å². The number of benzene rings is 1. The summed E-state index contributed by atoms with van der Waals surface area (Å²) in [6.07, 6.45) is 4.22. The van der Waals surface area contributed by atoms with Gasteiger partial charge in [-0.05, 0) is 37.3 Å². The standard InChI is InChI=1S/C13H14O2/c14-12(9-6-7-9)11-5-1-3-10-4-2-8-15-13(10)11/h1,3,5,9H,2,4,6-8H2. The van der Waals surface area contributed by atoms with Crippen molar-refractivity contribution in [3.05, 3.63) is 29.3 Å². The smallest absolute Gasteiger partial charge is 0.169 e. The van der Waals surface area contributed by atoms with Gasteiger partial charge < -0.3 is 4.74 Å². The molecule has 1 aliphatic carbocycles. The monoisotopic (exact) mass is 202 g/mol. The highest BCUT2D eigenvalue weighted by atomic mass is 16.5. The van der Waals surface area contributed by atoms with Crippen molar-refractivity contribution in [2.45, 2.75) is 25.7 Å². The van der Waals surface area contributed by atoms with Crippen LogP contribution < -0.4 is 4.74 Å². The number of Topliss-reactive ketones (excluding diaryl/α,β-unsaturated/α-hetero) is 1. The predicted octanol–water partition coefficient (Wildman–Crippen LogP) is 2.60. The molecule has 0 saturated heterocycles. The Labute approximate surface area is 89.2 Å². The van der Waals surface area contributed by atoms with Crippen molar-refractivity contribution in [3.8, 4) is 5.75 Å². The Morgan fingerprint density at radius 3 is 3.00 bits per heavy atom. The maximum absolute atomic E-state index is 12.0. The molecule has 2 nitrogen and oxygen atoms in total. The molecule has 2 aliphatic rings. The first-order valence-corrected chi connectivity index (χ1v) is 5.65. The lowest BCUT2D eigenvalue weighted by Crippen LogP contribution is -2.13. The molecular weight excluding hydrogens is 188 g/mol. The molecule has 0 spiro atoms. The molecule has 0 unspecified atom stereocenters. The maximum Gasteiger partial charge on any atom is 0.169 e. The van der Waals surface area contributed by atoms with Crippen LogP contribution in [-0.4, -0.2) is 12.4 Å². The van der Waals surface area contributed by atoms with Crippen LogP contribution in [0.1, 0.15) is 35.2 Å². The van der Waals surface area contributed by atoms with Gasteiger partial charge in [0.1, 0.15) is 5.75 Å². The van der Waals surface area contributed by atoms with Gasteiger partial charge in [0.05, 0.1) is 12.2 Å². The van der Waals surface area contributed by atoms with Gasteiger partial charge >= 0.3 is 0 Å². The molecule has 0 atom stereocenters. The van der Waals surface area contributed by atoms with E-state index in [4.69, 9.17) is 4.74 Å². The Bertz CT molecular complexity index is 405. The van der Waals surface area contributed by atoms with Crippen LogP contribution in [-0.2, 0) is 6.42 Å². The Balaban J connectivity index is 2.02. The van der Waals surface area contributed by atoms with E-state index in [1.165, 1.54) is 5.56 Å². The lowest BCUT2D eigenvalue weighted by Gasteiger charge is -2.19. The van der Waals surface area contributed by atoms with Crippen molar-refractivity contribution in [1.29, 1.82) is 0 Å². The molecule has 2 heteroatoms. The number of rotatable bonds is 2. The lowest BCUT2D eigenvalue weighted by atomic mass is 9.98. The van der Waals surface area contributed by atoms with E-state index >= 15 is 0 Å². The van der Waals surface area contributed by atoms with Crippen molar-refractivity contribution < 1.29 is 9.53 Å². The summed E-state index contributed by atoms with van der Waals surface area (Å²) in [6, 6.07) is 5.95. The Hall–Kier alpha value is -1.31. The number of ketones is 1. The van der Waals surface area contributed by atoms with Crippen LogP contribution in [0.25, 0.3) is 0 Å². The number of carbonyl (C=O) groups is 1. The Kier molecular flexibility index (Phi) is 2.01. The average Bonchev–Trinajstić information content (AvgIpc) is 3.11. The Morgan fingerprint density at radius 1 is 1.33 bits per heavy atom. The normalized spacial score (nSPS) is 19.2. The predicted molar refractivity (Wildman–Crippen MR) is 57.3 cm³/mol. The molecule has 1 saturated carbocycles. The first-order chi connectivity index (χ1) is 7.36. The first-order valence-electron chi connectivity index (χ1n) is 5.65. The third kappa shape index (κ3) is 1.54. The zero-order valence-corrected chi connectivity index (χ0v) is 8.66. The zero-order chi connectivity index (χ0) is 10.3. The van der Waals surface area contributed by atoms with E-state index in [9.17, 15) is 4.79 Å². The summed E-state index contributed by atoms with van der Waals surface area (Å²) < 4.78 is 5.63. The second-order valence-corrected chi connectivity index (χ2v) is 4.38. The van der Waals surface area contributed by atoms with E-state index in [0.29, 0.717) is 0 Å². The second kappa shape index (κ2) is 3.37. The third-order valence-electron chi connectivity index (χ3n) is 3.15. The quantitative estimate of drug-likeness (QED) is 0.689. The molecule has 3 rings (SSSR count). The molecule has 15 heavy (non-hydrogen) atoms. The summed E-state index contributed by atoms with van der Waals surface area (Å²) >= 11 is 0. The van der Waals surface area contributed by atoms with Crippen molar-refractivity contribution in [1.82, 2.24) is 0 Å². The number of para-hydroxylation sites is 1. The van der Waals surface area contributed by atoms with Gasteiger partial charge in [0.25, 0.3) is 0 Å². The molecule has 1 aromatic carbocycles. The van der Waals surface area contributed by atoms with Crippen LogP contribution in [0, 0.1) is 5.92 Å². The molecule has 78 valence electrons. The number of hydrogen-bond acceptors (Lipinski definition) is 2. The number of fused-ring (bicyclic) bond motifs is 1. The van der Waals surface area contributed by atoms with Gasteiger partial charge in [0.15, 0.2) is 5.78 Å². The van der Waals surface area contributed by atoms with Crippen LogP contribution in [0.2, 0.25) is 0 Å². The molecule has 0 aromatic heterocycles. The molecule has 0 N–H and O–H groups in total. The average molecular weight is 202 g/mol. The van der Waals surface area contributed by atoms with Crippen LogP contribution >= 0.6 is 0 Å². The van der Waals surface area contributed by atoms with Crippen molar-refractivity contribution >= 4 is 5.78 Å².